The van der Waals surface area contributed by atoms with E-state index >= 15 is 0 Å². The summed E-state index contributed by atoms with van der Waals surface area (Å²) in [6.45, 7) is 0.706. The molecule has 1 heterocycles. The van der Waals surface area contributed by atoms with Gasteiger partial charge in [-0.3, -0.25) is 0 Å². The Kier molecular flexibility index (Phi) is 4.58. The van der Waals surface area contributed by atoms with E-state index in [1.165, 1.54) is 0 Å². The van der Waals surface area contributed by atoms with Crippen LogP contribution in [0.5, 0.6) is 0 Å². The Bertz CT molecular complexity index is 525. The van der Waals surface area contributed by atoms with Gasteiger partial charge in [0.25, 0.3) is 0 Å². The first-order valence-corrected chi connectivity index (χ1v) is 6.53. The molecule has 0 amide bonds. The van der Waals surface area contributed by atoms with Crippen molar-refractivity contribution in [2.24, 2.45) is 5.73 Å². The van der Waals surface area contributed by atoms with E-state index in [4.69, 9.17) is 28.9 Å². The van der Waals surface area contributed by atoms with Crippen molar-refractivity contribution in [3.8, 4) is 5.69 Å². The predicted molar refractivity (Wildman–Crippen MR) is 73.4 cm³/mol. The van der Waals surface area contributed by atoms with Crippen molar-refractivity contribution in [1.82, 2.24) is 15.0 Å². The van der Waals surface area contributed by atoms with Crippen LogP contribution in [0.2, 0.25) is 10.0 Å². The first-order chi connectivity index (χ1) is 8.70. The van der Waals surface area contributed by atoms with Gasteiger partial charge in [0.2, 0.25) is 0 Å². The Hall–Kier alpha value is -1.10. The van der Waals surface area contributed by atoms with Gasteiger partial charge in [0.05, 0.1) is 22.6 Å². The third-order valence-corrected chi connectivity index (χ3v) is 3.12. The molecule has 0 saturated heterocycles. The van der Waals surface area contributed by atoms with E-state index in [9.17, 15) is 0 Å². The zero-order valence-electron chi connectivity index (χ0n) is 9.81. The molecule has 0 aliphatic rings. The van der Waals surface area contributed by atoms with Gasteiger partial charge in [0.15, 0.2) is 0 Å². The highest BCUT2D eigenvalue weighted by atomic mass is 35.5. The predicted octanol–water partition coefficient (Wildman–Crippen LogP) is 2.86. The molecule has 1 aromatic heterocycles. The fourth-order valence-electron chi connectivity index (χ4n) is 1.65. The number of rotatable bonds is 5. The van der Waals surface area contributed by atoms with Gasteiger partial charge in [-0.2, -0.15) is 0 Å². The lowest BCUT2D eigenvalue weighted by Crippen LogP contribution is -1.99. The number of nitrogens with two attached hydrogens (primary N) is 1. The number of hydrogen-bond acceptors (Lipinski definition) is 3. The molecule has 0 atom stereocenters. The van der Waals surface area contributed by atoms with Crippen LogP contribution in [0, 0.1) is 0 Å². The Morgan fingerprint density at radius 1 is 1.22 bits per heavy atom. The summed E-state index contributed by atoms with van der Waals surface area (Å²) in [5.74, 6) is 0. The largest absolute Gasteiger partial charge is 0.330 e. The molecule has 0 aliphatic carbocycles. The van der Waals surface area contributed by atoms with Crippen molar-refractivity contribution in [2.45, 2.75) is 19.3 Å². The highest BCUT2D eigenvalue weighted by Crippen LogP contribution is 2.23. The molecule has 0 bridgehead atoms. The quantitative estimate of drug-likeness (QED) is 0.859. The molecule has 1 aromatic carbocycles. The minimum Gasteiger partial charge on any atom is -0.330 e. The van der Waals surface area contributed by atoms with Crippen LogP contribution in [-0.4, -0.2) is 21.5 Å². The number of hydrogen-bond donors (Lipinski definition) is 1. The van der Waals surface area contributed by atoms with Crippen LogP contribution in [0.1, 0.15) is 18.5 Å². The highest BCUT2D eigenvalue weighted by Gasteiger charge is 2.06. The van der Waals surface area contributed by atoms with E-state index < -0.39 is 0 Å². The summed E-state index contributed by atoms with van der Waals surface area (Å²) < 4.78 is 1.66. The molecule has 0 fully saturated rings. The van der Waals surface area contributed by atoms with E-state index in [1.54, 1.807) is 16.8 Å². The van der Waals surface area contributed by atoms with E-state index in [2.05, 4.69) is 10.3 Å². The minimum atomic E-state index is 0.556. The summed E-state index contributed by atoms with van der Waals surface area (Å²) in [6, 6.07) is 5.29. The number of unbranched alkanes of at least 4 members (excludes halogenated alkanes) is 1. The molecule has 0 spiro atoms. The molecule has 4 nitrogen and oxygen atoms in total. The number of nitrogens with zero attached hydrogens (tertiary/aromatic N) is 3. The average molecular weight is 285 g/mol. The standard InChI is InChI=1S/C12H14Cl2N4/c13-9-4-5-12(11(14)7-9)18-8-10(16-17-18)3-1-2-6-15/h4-5,7-8H,1-3,6,15H2. The summed E-state index contributed by atoms with van der Waals surface area (Å²) in [5, 5.41) is 9.33. The SMILES string of the molecule is NCCCCc1cn(-c2ccc(Cl)cc2Cl)nn1. The second kappa shape index (κ2) is 6.18. The van der Waals surface area contributed by atoms with Crippen molar-refractivity contribution >= 4 is 23.2 Å². The normalized spacial score (nSPS) is 10.8. The molecule has 0 aliphatic heterocycles. The highest BCUT2D eigenvalue weighted by molar-refractivity contribution is 6.35. The van der Waals surface area contributed by atoms with E-state index in [0.29, 0.717) is 16.6 Å². The number of aryl methyl sites for hydroxylation is 1. The molecular weight excluding hydrogens is 271 g/mol. The van der Waals surface area contributed by atoms with E-state index in [-0.39, 0.29) is 0 Å². The lowest BCUT2D eigenvalue weighted by molar-refractivity contribution is 0.727. The Labute approximate surface area is 116 Å². The molecule has 0 unspecified atom stereocenters. The maximum absolute atomic E-state index is 6.11. The number of benzene rings is 1. The van der Waals surface area contributed by atoms with Crippen molar-refractivity contribution in [3.63, 3.8) is 0 Å². The molecular formula is C12H14Cl2N4. The van der Waals surface area contributed by atoms with Crippen LogP contribution in [0.4, 0.5) is 0 Å². The van der Waals surface area contributed by atoms with Gasteiger partial charge in [0, 0.05) is 5.02 Å². The summed E-state index contributed by atoms with van der Waals surface area (Å²) in [7, 11) is 0. The average Bonchev–Trinajstić information content (AvgIpc) is 2.78. The fourth-order valence-corrected chi connectivity index (χ4v) is 2.14. The third kappa shape index (κ3) is 3.22. The van der Waals surface area contributed by atoms with Crippen LogP contribution in [-0.2, 0) is 6.42 Å². The van der Waals surface area contributed by atoms with E-state index in [0.717, 1.165) is 30.6 Å². The maximum atomic E-state index is 6.11. The Balaban J connectivity index is 2.13. The summed E-state index contributed by atoms with van der Waals surface area (Å²) in [4.78, 5) is 0. The first kappa shape index (κ1) is 13.3. The molecule has 2 rings (SSSR count). The molecule has 2 N–H and O–H groups in total. The molecule has 96 valence electrons. The van der Waals surface area contributed by atoms with Gasteiger partial charge in [-0.05, 0) is 44.0 Å². The monoisotopic (exact) mass is 284 g/mol. The summed E-state index contributed by atoms with van der Waals surface area (Å²) >= 11 is 12.0. The van der Waals surface area contributed by atoms with Crippen LogP contribution in [0.25, 0.3) is 5.69 Å². The lowest BCUT2D eigenvalue weighted by Gasteiger charge is -2.02. The van der Waals surface area contributed by atoms with Gasteiger partial charge < -0.3 is 5.73 Å². The molecule has 18 heavy (non-hydrogen) atoms. The zero-order chi connectivity index (χ0) is 13.0. The topological polar surface area (TPSA) is 56.7 Å². The van der Waals surface area contributed by atoms with Gasteiger partial charge in [-0.1, -0.05) is 28.4 Å². The number of aromatic nitrogens is 3. The van der Waals surface area contributed by atoms with Gasteiger partial charge in [-0.25, -0.2) is 4.68 Å². The molecule has 0 radical (unpaired) electrons. The second-order valence-electron chi connectivity index (χ2n) is 4.00. The molecule has 2 aromatic rings. The van der Waals surface area contributed by atoms with E-state index in [1.807, 2.05) is 12.3 Å². The van der Waals surface area contributed by atoms with Crippen LogP contribution in [0.15, 0.2) is 24.4 Å². The van der Waals surface area contributed by atoms with Crippen LogP contribution >= 0.6 is 23.2 Å². The van der Waals surface area contributed by atoms with Crippen molar-refractivity contribution in [2.75, 3.05) is 6.54 Å². The molecule has 6 heteroatoms. The zero-order valence-corrected chi connectivity index (χ0v) is 11.3. The minimum absolute atomic E-state index is 0.556. The van der Waals surface area contributed by atoms with Crippen LogP contribution < -0.4 is 5.73 Å². The number of halogens is 2. The van der Waals surface area contributed by atoms with Gasteiger partial charge in [-0.15, -0.1) is 5.10 Å². The molecule has 0 saturated carbocycles. The maximum Gasteiger partial charge on any atom is 0.0850 e. The van der Waals surface area contributed by atoms with Gasteiger partial charge in [0.1, 0.15) is 0 Å². The third-order valence-electron chi connectivity index (χ3n) is 2.58. The second-order valence-corrected chi connectivity index (χ2v) is 4.84. The fraction of sp³-hybridized carbons (Fsp3) is 0.333. The smallest absolute Gasteiger partial charge is 0.0850 e. The summed E-state index contributed by atoms with van der Waals surface area (Å²) in [6.07, 6.45) is 4.77. The lowest BCUT2D eigenvalue weighted by atomic mass is 10.2. The van der Waals surface area contributed by atoms with Crippen molar-refractivity contribution < 1.29 is 0 Å². The Morgan fingerprint density at radius 3 is 2.78 bits per heavy atom. The summed E-state index contributed by atoms with van der Waals surface area (Å²) in [5.41, 5.74) is 7.17. The van der Waals surface area contributed by atoms with Crippen molar-refractivity contribution in [1.29, 1.82) is 0 Å². The van der Waals surface area contributed by atoms with Crippen LogP contribution in [0.3, 0.4) is 0 Å². The Morgan fingerprint density at radius 2 is 2.06 bits per heavy atom. The van der Waals surface area contributed by atoms with Gasteiger partial charge >= 0.3 is 0 Å². The first-order valence-electron chi connectivity index (χ1n) is 5.77. The van der Waals surface area contributed by atoms with Crippen molar-refractivity contribution in [3.05, 3.63) is 40.1 Å².